The van der Waals surface area contributed by atoms with Crippen LogP contribution in [0, 0.1) is 0 Å². The van der Waals surface area contributed by atoms with E-state index in [-0.39, 0.29) is 12.1 Å². The molecule has 0 saturated heterocycles. The molecule has 2 aromatic rings. The molecule has 0 radical (unpaired) electrons. The second-order valence-corrected chi connectivity index (χ2v) is 4.39. The number of hydrogen-bond donors (Lipinski definition) is 1. The molecule has 2 N–H and O–H groups in total. The molecule has 94 valence electrons. The normalized spacial score (nSPS) is 13.9. The van der Waals surface area contributed by atoms with Crippen LogP contribution in [0.5, 0.6) is 5.88 Å². The summed E-state index contributed by atoms with van der Waals surface area (Å²) in [5, 5.41) is 0. The average molecular weight is 242 g/mol. The van der Waals surface area contributed by atoms with Crippen LogP contribution in [0.4, 0.5) is 0 Å². The van der Waals surface area contributed by atoms with Crippen molar-refractivity contribution in [2.24, 2.45) is 5.73 Å². The first-order chi connectivity index (χ1) is 8.66. The highest BCUT2D eigenvalue weighted by atomic mass is 16.5. The molecule has 0 aliphatic carbocycles. The Labute approximate surface area is 108 Å². The van der Waals surface area contributed by atoms with Gasteiger partial charge in [0.25, 0.3) is 0 Å². The molecular weight excluding hydrogens is 224 g/mol. The van der Waals surface area contributed by atoms with E-state index >= 15 is 0 Å². The van der Waals surface area contributed by atoms with Gasteiger partial charge in [0.1, 0.15) is 6.10 Å². The van der Waals surface area contributed by atoms with Crippen LogP contribution < -0.4 is 10.5 Å². The van der Waals surface area contributed by atoms with Crippen LogP contribution in [0.1, 0.15) is 37.1 Å². The van der Waals surface area contributed by atoms with Crippen molar-refractivity contribution in [3.63, 3.8) is 0 Å². The first kappa shape index (κ1) is 12.6. The number of hydrogen-bond acceptors (Lipinski definition) is 3. The molecule has 0 aliphatic heterocycles. The monoisotopic (exact) mass is 242 g/mol. The molecule has 0 saturated carbocycles. The maximum absolute atomic E-state index is 5.78. The Bertz CT molecular complexity index is 480. The van der Waals surface area contributed by atoms with Crippen molar-refractivity contribution in [1.82, 2.24) is 4.98 Å². The highest BCUT2D eigenvalue weighted by molar-refractivity contribution is 5.22. The van der Waals surface area contributed by atoms with Crippen molar-refractivity contribution in [2.75, 3.05) is 0 Å². The standard InChI is InChI=1S/C15H18N2O/c1-11(16)14-8-9-15(17-10-14)18-12(2)13-6-4-3-5-7-13/h3-12H,16H2,1-2H3/t11-,12?/m1/s1. The van der Waals surface area contributed by atoms with Crippen LogP contribution >= 0.6 is 0 Å². The molecule has 2 rings (SSSR count). The quantitative estimate of drug-likeness (QED) is 0.895. The van der Waals surface area contributed by atoms with Gasteiger partial charge in [0, 0.05) is 18.3 Å². The van der Waals surface area contributed by atoms with Crippen LogP contribution in [-0.2, 0) is 0 Å². The van der Waals surface area contributed by atoms with E-state index in [4.69, 9.17) is 10.5 Å². The molecule has 0 amide bonds. The minimum absolute atomic E-state index is 0.00176. The lowest BCUT2D eigenvalue weighted by Crippen LogP contribution is -2.07. The molecule has 1 unspecified atom stereocenters. The summed E-state index contributed by atoms with van der Waals surface area (Å²) in [6, 6.07) is 13.9. The number of aromatic nitrogens is 1. The lowest BCUT2D eigenvalue weighted by Gasteiger charge is -2.14. The van der Waals surface area contributed by atoms with Gasteiger partial charge in [0.05, 0.1) is 0 Å². The summed E-state index contributed by atoms with van der Waals surface area (Å²) < 4.78 is 5.78. The average Bonchev–Trinajstić information content (AvgIpc) is 2.40. The highest BCUT2D eigenvalue weighted by Gasteiger charge is 2.07. The zero-order valence-corrected chi connectivity index (χ0v) is 10.7. The highest BCUT2D eigenvalue weighted by Crippen LogP contribution is 2.20. The molecule has 18 heavy (non-hydrogen) atoms. The van der Waals surface area contributed by atoms with E-state index in [1.807, 2.05) is 56.3 Å². The summed E-state index contributed by atoms with van der Waals surface area (Å²) >= 11 is 0. The fourth-order valence-corrected chi connectivity index (χ4v) is 1.70. The summed E-state index contributed by atoms with van der Waals surface area (Å²) in [6.45, 7) is 3.95. The Morgan fingerprint density at radius 3 is 2.28 bits per heavy atom. The third kappa shape index (κ3) is 3.08. The summed E-state index contributed by atoms with van der Waals surface area (Å²) in [7, 11) is 0. The first-order valence-electron chi connectivity index (χ1n) is 6.10. The SMILES string of the molecule is CC(Oc1ccc([C@@H](C)N)cn1)c1ccccc1. The number of benzene rings is 1. The van der Waals surface area contributed by atoms with Crippen LogP contribution in [-0.4, -0.2) is 4.98 Å². The Hall–Kier alpha value is -1.87. The smallest absolute Gasteiger partial charge is 0.213 e. The molecule has 1 aromatic heterocycles. The van der Waals surface area contributed by atoms with Crippen molar-refractivity contribution >= 4 is 0 Å². The number of rotatable bonds is 4. The molecule has 3 nitrogen and oxygen atoms in total. The van der Waals surface area contributed by atoms with Crippen molar-refractivity contribution in [3.05, 3.63) is 59.8 Å². The Morgan fingerprint density at radius 2 is 1.72 bits per heavy atom. The fraction of sp³-hybridized carbons (Fsp3) is 0.267. The van der Waals surface area contributed by atoms with Crippen molar-refractivity contribution in [3.8, 4) is 5.88 Å². The van der Waals surface area contributed by atoms with Crippen molar-refractivity contribution in [1.29, 1.82) is 0 Å². The van der Waals surface area contributed by atoms with Gasteiger partial charge in [-0.2, -0.15) is 0 Å². The Balaban J connectivity index is 2.05. The summed E-state index contributed by atoms with van der Waals surface area (Å²) in [5.41, 5.74) is 7.92. The number of ether oxygens (including phenoxy) is 1. The third-order valence-corrected chi connectivity index (χ3v) is 2.85. The van der Waals surface area contributed by atoms with Gasteiger partial charge < -0.3 is 10.5 Å². The summed E-state index contributed by atoms with van der Waals surface area (Å²) in [6.07, 6.45) is 1.75. The van der Waals surface area contributed by atoms with E-state index in [0.717, 1.165) is 11.1 Å². The molecule has 0 aliphatic rings. The van der Waals surface area contributed by atoms with Crippen LogP contribution in [0.25, 0.3) is 0 Å². The lowest BCUT2D eigenvalue weighted by molar-refractivity contribution is 0.217. The number of pyridine rings is 1. The molecule has 3 heteroatoms. The van der Waals surface area contributed by atoms with Crippen molar-refractivity contribution < 1.29 is 4.74 Å². The number of nitrogens with zero attached hydrogens (tertiary/aromatic N) is 1. The van der Waals surface area contributed by atoms with Crippen LogP contribution in [0.2, 0.25) is 0 Å². The Kier molecular flexibility index (Phi) is 3.95. The van der Waals surface area contributed by atoms with E-state index < -0.39 is 0 Å². The molecule has 0 fully saturated rings. The topological polar surface area (TPSA) is 48.1 Å². The predicted octanol–water partition coefficient (Wildman–Crippen LogP) is 3.24. The minimum Gasteiger partial charge on any atom is -0.470 e. The predicted molar refractivity (Wildman–Crippen MR) is 72.3 cm³/mol. The lowest BCUT2D eigenvalue weighted by atomic mass is 10.1. The van der Waals surface area contributed by atoms with Crippen LogP contribution in [0.3, 0.4) is 0 Å². The zero-order chi connectivity index (χ0) is 13.0. The first-order valence-corrected chi connectivity index (χ1v) is 6.10. The van der Waals surface area contributed by atoms with E-state index in [1.54, 1.807) is 6.20 Å². The van der Waals surface area contributed by atoms with E-state index in [1.165, 1.54) is 0 Å². The van der Waals surface area contributed by atoms with Gasteiger partial charge in [0.2, 0.25) is 5.88 Å². The largest absolute Gasteiger partial charge is 0.470 e. The van der Waals surface area contributed by atoms with Gasteiger partial charge in [-0.15, -0.1) is 0 Å². The van der Waals surface area contributed by atoms with Gasteiger partial charge in [0.15, 0.2) is 0 Å². The van der Waals surface area contributed by atoms with E-state index in [2.05, 4.69) is 4.98 Å². The van der Waals surface area contributed by atoms with E-state index in [9.17, 15) is 0 Å². The second kappa shape index (κ2) is 5.65. The number of nitrogens with two attached hydrogens (primary N) is 1. The van der Waals surface area contributed by atoms with Gasteiger partial charge >= 0.3 is 0 Å². The van der Waals surface area contributed by atoms with Crippen LogP contribution in [0.15, 0.2) is 48.7 Å². The summed E-state index contributed by atoms with van der Waals surface area (Å²) in [5.74, 6) is 0.621. The van der Waals surface area contributed by atoms with Gasteiger partial charge in [-0.1, -0.05) is 36.4 Å². The fourth-order valence-electron chi connectivity index (χ4n) is 1.70. The Morgan fingerprint density at radius 1 is 1.00 bits per heavy atom. The summed E-state index contributed by atoms with van der Waals surface area (Å²) in [4.78, 5) is 4.26. The van der Waals surface area contributed by atoms with Gasteiger partial charge in [-0.05, 0) is 25.0 Å². The zero-order valence-electron chi connectivity index (χ0n) is 10.7. The van der Waals surface area contributed by atoms with Crippen molar-refractivity contribution in [2.45, 2.75) is 26.0 Å². The third-order valence-electron chi connectivity index (χ3n) is 2.85. The molecule has 1 heterocycles. The molecule has 0 bridgehead atoms. The molecular formula is C15H18N2O. The maximum atomic E-state index is 5.78. The molecule has 1 aromatic carbocycles. The van der Waals surface area contributed by atoms with Gasteiger partial charge in [-0.25, -0.2) is 4.98 Å². The second-order valence-electron chi connectivity index (χ2n) is 4.39. The van der Waals surface area contributed by atoms with E-state index in [0.29, 0.717) is 5.88 Å². The van der Waals surface area contributed by atoms with Gasteiger partial charge in [-0.3, -0.25) is 0 Å². The maximum Gasteiger partial charge on any atom is 0.213 e. The molecule has 0 spiro atoms. The minimum atomic E-state index is -0.0140. The molecule has 2 atom stereocenters.